The van der Waals surface area contributed by atoms with E-state index in [0.717, 1.165) is 12.8 Å². The number of hydrogen-bond donors (Lipinski definition) is 1. The van der Waals surface area contributed by atoms with Crippen molar-refractivity contribution in [3.63, 3.8) is 0 Å². The van der Waals surface area contributed by atoms with Gasteiger partial charge in [0.1, 0.15) is 6.04 Å². The molecule has 2 aliphatic heterocycles. The third-order valence-electron chi connectivity index (χ3n) is 4.05. The smallest absolute Gasteiger partial charge is 0.245 e. The largest absolute Gasteiger partial charge is 0.375 e. The number of nitrogens with zero attached hydrogens (tertiary/aromatic N) is 1. The average Bonchev–Trinajstić information content (AvgIpc) is 2.31. The third-order valence-corrected chi connectivity index (χ3v) is 4.05. The molecule has 0 aromatic rings. The van der Waals surface area contributed by atoms with E-state index in [9.17, 15) is 9.59 Å². The van der Waals surface area contributed by atoms with Gasteiger partial charge in [-0.15, -0.1) is 0 Å². The Morgan fingerprint density at radius 1 is 1.40 bits per heavy atom. The molecule has 114 valence electrons. The van der Waals surface area contributed by atoms with E-state index in [-0.39, 0.29) is 36.0 Å². The molecule has 2 heterocycles. The van der Waals surface area contributed by atoms with Gasteiger partial charge in [-0.2, -0.15) is 0 Å². The summed E-state index contributed by atoms with van der Waals surface area (Å²) < 4.78 is 5.70. The molecule has 5 heteroatoms. The Balaban J connectivity index is 2.09. The standard InChI is InChI=1S/C15H26N2O3/c1-10(2)7-12-14(19)17(9-13(18)16-12)11-5-6-20-15(3,4)8-11/h10-12H,5-9H2,1-4H3,(H,16,18). The van der Waals surface area contributed by atoms with Crippen LogP contribution in [0.2, 0.25) is 0 Å². The van der Waals surface area contributed by atoms with Crippen LogP contribution in [0.4, 0.5) is 0 Å². The Hall–Kier alpha value is -1.10. The predicted octanol–water partition coefficient (Wildman–Crippen LogP) is 1.32. The molecule has 2 fully saturated rings. The minimum atomic E-state index is -0.359. The van der Waals surface area contributed by atoms with Gasteiger partial charge in [0.05, 0.1) is 12.1 Å². The van der Waals surface area contributed by atoms with Gasteiger partial charge in [0, 0.05) is 12.6 Å². The second-order valence-corrected chi connectivity index (χ2v) is 6.97. The van der Waals surface area contributed by atoms with Crippen molar-refractivity contribution in [2.24, 2.45) is 5.92 Å². The van der Waals surface area contributed by atoms with E-state index in [2.05, 4.69) is 19.2 Å². The van der Waals surface area contributed by atoms with E-state index in [4.69, 9.17) is 4.74 Å². The van der Waals surface area contributed by atoms with Gasteiger partial charge in [0.2, 0.25) is 11.8 Å². The Bertz CT molecular complexity index is 393. The van der Waals surface area contributed by atoms with E-state index in [0.29, 0.717) is 18.9 Å². The van der Waals surface area contributed by atoms with Crippen LogP contribution in [0.25, 0.3) is 0 Å². The van der Waals surface area contributed by atoms with Crippen LogP contribution in [0.3, 0.4) is 0 Å². The third kappa shape index (κ3) is 3.51. The van der Waals surface area contributed by atoms with E-state index in [1.807, 2.05) is 13.8 Å². The lowest BCUT2D eigenvalue weighted by atomic mass is 9.91. The normalized spacial score (nSPS) is 30.6. The van der Waals surface area contributed by atoms with Crippen molar-refractivity contribution in [2.75, 3.05) is 13.2 Å². The lowest BCUT2D eigenvalue weighted by molar-refractivity contribution is -0.153. The highest BCUT2D eigenvalue weighted by molar-refractivity contribution is 5.95. The van der Waals surface area contributed by atoms with Gasteiger partial charge in [-0.05, 0) is 39.0 Å². The van der Waals surface area contributed by atoms with Gasteiger partial charge in [0.15, 0.2) is 0 Å². The Morgan fingerprint density at radius 2 is 2.10 bits per heavy atom. The van der Waals surface area contributed by atoms with Crippen molar-refractivity contribution in [1.82, 2.24) is 10.2 Å². The first-order chi connectivity index (χ1) is 9.28. The number of amides is 2. The van der Waals surface area contributed by atoms with Crippen molar-refractivity contribution in [3.8, 4) is 0 Å². The van der Waals surface area contributed by atoms with Crippen LogP contribution < -0.4 is 5.32 Å². The molecule has 2 unspecified atom stereocenters. The number of nitrogens with one attached hydrogen (secondary N) is 1. The van der Waals surface area contributed by atoms with Crippen LogP contribution in [0.15, 0.2) is 0 Å². The molecule has 2 aliphatic rings. The first-order valence-corrected chi connectivity index (χ1v) is 7.52. The summed E-state index contributed by atoms with van der Waals surface area (Å²) in [7, 11) is 0. The fourth-order valence-electron chi connectivity index (χ4n) is 3.14. The summed E-state index contributed by atoms with van der Waals surface area (Å²) in [6.07, 6.45) is 2.31. The molecule has 0 bridgehead atoms. The maximum Gasteiger partial charge on any atom is 0.245 e. The van der Waals surface area contributed by atoms with Gasteiger partial charge in [0.25, 0.3) is 0 Å². The molecular weight excluding hydrogens is 256 g/mol. The van der Waals surface area contributed by atoms with E-state index >= 15 is 0 Å². The van der Waals surface area contributed by atoms with Gasteiger partial charge >= 0.3 is 0 Å². The lowest BCUT2D eigenvalue weighted by Gasteiger charge is -2.44. The highest BCUT2D eigenvalue weighted by atomic mass is 16.5. The zero-order chi connectivity index (χ0) is 14.9. The van der Waals surface area contributed by atoms with E-state index < -0.39 is 0 Å². The molecule has 0 radical (unpaired) electrons. The molecule has 20 heavy (non-hydrogen) atoms. The molecule has 2 atom stereocenters. The maximum atomic E-state index is 12.6. The van der Waals surface area contributed by atoms with Gasteiger partial charge in [-0.1, -0.05) is 13.8 Å². The summed E-state index contributed by atoms with van der Waals surface area (Å²) in [6.45, 7) is 9.05. The first kappa shape index (κ1) is 15.3. The predicted molar refractivity (Wildman–Crippen MR) is 76.2 cm³/mol. The van der Waals surface area contributed by atoms with Crippen molar-refractivity contribution in [2.45, 2.75) is 64.6 Å². The molecule has 0 saturated carbocycles. The number of rotatable bonds is 3. The van der Waals surface area contributed by atoms with Crippen LogP contribution in [-0.2, 0) is 14.3 Å². The number of carbonyl (C=O) groups excluding carboxylic acids is 2. The van der Waals surface area contributed by atoms with Crippen LogP contribution in [0.1, 0.15) is 47.0 Å². The Kier molecular flexibility index (Phi) is 4.37. The highest BCUT2D eigenvalue weighted by Gasteiger charge is 2.40. The lowest BCUT2D eigenvalue weighted by Crippen LogP contribution is -2.62. The fraction of sp³-hybridized carbons (Fsp3) is 0.867. The van der Waals surface area contributed by atoms with Crippen molar-refractivity contribution >= 4 is 11.8 Å². The number of ether oxygens (including phenoxy) is 1. The summed E-state index contributed by atoms with van der Waals surface area (Å²) in [5.74, 6) is 0.413. The quantitative estimate of drug-likeness (QED) is 0.849. The average molecular weight is 282 g/mol. The zero-order valence-corrected chi connectivity index (χ0v) is 12.9. The van der Waals surface area contributed by atoms with E-state index in [1.54, 1.807) is 4.90 Å². The molecule has 2 amide bonds. The fourth-order valence-corrected chi connectivity index (χ4v) is 3.14. The molecule has 1 N–H and O–H groups in total. The molecule has 5 nitrogen and oxygen atoms in total. The van der Waals surface area contributed by atoms with Gasteiger partial charge in [-0.3, -0.25) is 9.59 Å². The topological polar surface area (TPSA) is 58.6 Å². The molecule has 2 saturated heterocycles. The van der Waals surface area contributed by atoms with Crippen molar-refractivity contribution in [3.05, 3.63) is 0 Å². The van der Waals surface area contributed by atoms with Gasteiger partial charge in [-0.25, -0.2) is 0 Å². The Labute approximate surface area is 121 Å². The summed E-state index contributed by atoms with van der Waals surface area (Å²) in [5.41, 5.74) is -0.218. The summed E-state index contributed by atoms with van der Waals surface area (Å²) >= 11 is 0. The molecule has 0 aromatic carbocycles. The van der Waals surface area contributed by atoms with Crippen molar-refractivity contribution < 1.29 is 14.3 Å². The second-order valence-electron chi connectivity index (χ2n) is 6.97. The number of carbonyl (C=O) groups is 2. The zero-order valence-electron chi connectivity index (χ0n) is 12.9. The van der Waals surface area contributed by atoms with Crippen LogP contribution in [-0.4, -0.2) is 47.6 Å². The summed E-state index contributed by atoms with van der Waals surface area (Å²) in [5, 5.41) is 2.83. The second kappa shape index (κ2) is 5.72. The molecule has 2 rings (SSSR count). The monoisotopic (exact) mass is 282 g/mol. The molecule has 0 aliphatic carbocycles. The van der Waals surface area contributed by atoms with Gasteiger partial charge < -0.3 is 15.0 Å². The van der Waals surface area contributed by atoms with E-state index in [1.165, 1.54) is 0 Å². The number of piperazine rings is 1. The van der Waals surface area contributed by atoms with Crippen LogP contribution in [0.5, 0.6) is 0 Å². The minimum absolute atomic E-state index is 0.0421. The summed E-state index contributed by atoms with van der Waals surface area (Å²) in [4.78, 5) is 26.2. The van der Waals surface area contributed by atoms with Crippen molar-refractivity contribution in [1.29, 1.82) is 0 Å². The summed E-state index contributed by atoms with van der Waals surface area (Å²) in [6, 6.07) is -0.242. The highest BCUT2D eigenvalue weighted by Crippen LogP contribution is 2.28. The maximum absolute atomic E-state index is 12.6. The Morgan fingerprint density at radius 3 is 2.70 bits per heavy atom. The number of hydrogen-bond acceptors (Lipinski definition) is 3. The molecular formula is C15H26N2O3. The molecule has 0 spiro atoms. The SMILES string of the molecule is CC(C)CC1NC(=O)CN(C2CCOC(C)(C)C2)C1=O. The first-order valence-electron chi connectivity index (χ1n) is 7.52. The minimum Gasteiger partial charge on any atom is -0.375 e. The van der Waals surface area contributed by atoms with Crippen LogP contribution >= 0.6 is 0 Å². The van der Waals surface area contributed by atoms with Crippen LogP contribution in [0, 0.1) is 5.92 Å². The molecule has 0 aromatic heterocycles.